The van der Waals surface area contributed by atoms with E-state index in [0.29, 0.717) is 12.6 Å². The van der Waals surface area contributed by atoms with Crippen LogP contribution < -0.4 is 16.0 Å². The molecule has 6 heteroatoms. The molecular weight excluding hydrogens is 316 g/mol. The fourth-order valence-electron chi connectivity index (χ4n) is 6.34. The van der Waals surface area contributed by atoms with E-state index in [2.05, 4.69) is 20.9 Å². The molecule has 1 unspecified atom stereocenters. The molecule has 0 aromatic carbocycles. The van der Waals surface area contributed by atoms with Crippen LogP contribution in [0.2, 0.25) is 0 Å². The van der Waals surface area contributed by atoms with Gasteiger partial charge in [0.1, 0.15) is 0 Å². The molecule has 140 valence electrons. The van der Waals surface area contributed by atoms with Gasteiger partial charge in [-0.3, -0.25) is 15.0 Å². The average molecular weight is 348 g/mol. The number of imide groups is 1. The van der Waals surface area contributed by atoms with Crippen molar-refractivity contribution >= 4 is 11.9 Å². The summed E-state index contributed by atoms with van der Waals surface area (Å²) >= 11 is 0. The Labute approximate surface area is 150 Å². The molecule has 3 amide bonds. The molecule has 4 aliphatic carbocycles. The molecule has 1 aliphatic heterocycles. The Morgan fingerprint density at radius 2 is 1.72 bits per heavy atom. The minimum absolute atomic E-state index is 0.0402. The first-order chi connectivity index (χ1) is 12.0. The van der Waals surface area contributed by atoms with Gasteiger partial charge in [-0.2, -0.15) is 0 Å². The van der Waals surface area contributed by atoms with Gasteiger partial charge in [-0.25, -0.2) is 4.79 Å². The van der Waals surface area contributed by atoms with Crippen LogP contribution in [0.3, 0.4) is 0 Å². The maximum atomic E-state index is 12.4. The van der Waals surface area contributed by atoms with Gasteiger partial charge in [-0.15, -0.1) is 0 Å². The predicted molar refractivity (Wildman–Crippen MR) is 96.1 cm³/mol. The topological polar surface area (TPSA) is 73.5 Å². The third-order valence-corrected chi connectivity index (χ3v) is 6.95. The van der Waals surface area contributed by atoms with Crippen LogP contribution in [-0.2, 0) is 4.79 Å². The highest BCUT2D eigenvalue weighted by Crippen LogP contribution is 2.55. The second kappa shape index (κ2) is 6.88. The van der Waals surface area contributed by atoms with Crippen molar-refractivity contribution < 1.29 is 9.59 Å². The molecule has 4 bridgehead atoms. The predicted octanol–water partition coefficient (Wildman–Crippen LogP) is 1.46. The summed E-state index contributed by atoms with van der Waals surface area (Å²) in [6.07, 6.45) is 9.62. The average Bonchev–Trinajstić information content (AvgIpc) is 2.52. The first kappa shape index (κ1) is 17.3. The van der Waals surface area contributed by atoms with E-state index in [4.69, 9.17) is 0 Å². The molecule has 1 saturated heterocycles. The zero-order valence-electron chi connectivity index (χ0n) is 15.4. The number of nitrogens with one attached hydrogen (secondary N) is 3. The van der Waals surface area contributed by atoms with E-state index >= 15 is 0 Å². The van der Waals surface area contributed by atoms with Crippen LogP contribution in [0.1, 0.15) is 51.4 Å². The normalized spacial score (nSPS) is 40.0. The second-order valence-corrected chi connectivity index (χ2v) is 9.06. The number of likely N-dealkylation sites (N-methyl/N-ethyl adjacent to an activating group) is 1. The first-order valence-electron chi connectivity index (χ1n) is 10.1. The standard InChI is InChI=1S/C19H32N4O2/c1-20-16-3-2-4-23(11-16)12-17(24)21-18(25)22-19-8-13-5-14(9-19)7-15(6-13)10-19/h13-16,20H,2-12H2,1H3,(H2,21,22,24,25). The highest BCUT2D eigenvalue weighted by atomic mass is 16.2. The van der Waals surface area contributed by atoms with Crippen LogP contribution in [0.25, 0.3) is 0 Å². The van der Waals surface area contributed by atoms with Crippen molar-refractivity contribution in [3.8, 4) is 0 Å². The maximum absolute atomic E-state index is 12.4. The zero-order chi connectivity index (χ0) is 17.4. The summed E-state index contributed by atoms with van der Waals surface area (Å²) in [5, 5.41) is 9.08. The highest BCUT2D eigenvalue weighted by molar-refractivity contribution is 5.95. The third-order valence-electron chi connectivity index (χ3n) is 6.95. The number of piperidine rings is 1. The molecule has 1 heterocycles. The molecular formula is C19H32N4O2. The Morgan fingerprint density at radius 3 is 2.32 bits per heavy atom. The minimum Gasteiger partial charge on any atom is -0.332 e. The van der Waals surface area contributed by atoms with Crippen LogP contribution >= 0.6 is 0 Å². The maximum Gasteiger partial charge on any atom is 0.321 e. The summed E-state index contributed by atoms with van der Waals surface area (Å²) in [5.74, 6) is 2.18. The van der Waals surface area contributed by atoms with Gasteiger partial charge in [0, 0.05) is 18.1 Å². The fourth-order valence-corrected chi connectivity index (χ4v) is 6.34. The van der Waals surface area contributed by atoms with Crippen LogP contribution in [0.5, 0.6) is 0 Å². The lowest BCUT2D eigenvalue weighted by molar-refractivity contribution is -0.121. The van der Waals surface area contributed by atoms with Crippen molar-refractivity contribution in [2.45, 2.75) is 62.9 Å². The van der Waals surface area contributed by atoms with Gasteiger partial charge in [0.2, 0.25) is 5.91 Å². The Balaban J connectivity index is 1.27. The lowest BCUT2D eigenvalue weighted by Crippen LogP contribution is -2.62. The smallest absolute Gasteiger partial charge is 0.321 e. The summed E-state index contributed by atoms with van der Waals surface area (Å²) in [4.78, 5) is 26.8. The fraction of sp³-hybridized carbons (Fsp3) is 0.895. The van der Waals surface area contributed by atoms with Crippen LogP contribution in [0, 0.1) is 17.8 Å². The SMILES string of the molecule is CNC1CCCN(CC(=O)NC(=O)NC23CC4CC(CC(C4)C2)C3)C1. The highest BCUT2D eigenvalue weighted by Gasteiger charge is 2.51. The van der Waals surface area contributed by atoms with E-state index in [0.717, 1.165) is 62.9 Å². The van der Waals surface area contributed by atoms with Crippen LogP contribution in [0.15, 0.2) is 0 Å². The third kappa shape index (κ3) is 3.85. The summed E-state index contributed by atoms with van der Waals surface area (Å²) in [6, 6.07) is 0.163. The summed E-state index contributed by atoms with van der Waals surface area (Å²) < 4.78 is 0. The van der Waals surface area contributed by atoms with Gasteiger partial charge in [0.15, 0.2) is 0 Å². The number of amides is 3. The van der Waals surface area contributed by atoms with Crippen molar-refractivity contribution in [1.29, 1.82) is 0 Å². The quantitative estimate of drug-likeness (QED) is 0.719. The number of urea groups is 1. The van der Waals surface area contributed by atoms with Crippen molar-refractivity contribution in [2.75, 3.05) is 26.7 Å². The van der Waals surface area contributed by atoms with Gasteiger partial charge < -0.3 is 10.6 Å². The van der Waals surface area contributed by atoms with E-state index in [1.165, 1.54) is 19.3 Å². The van der Waals surface area contributed by atoms with Gasteiger partial charge in [0.05, 0.1) is 6.54 Å². The number of likely N-dealkylation sites (tertiary alicyclic amines) is 1. The van der Waals surface area contributed by atoms with Crippen molar-refractivity contribution in [3.63, 3.8) is 0 Å². The lowest BCUT2D eigenvalue weighted by atomic mass is 9.53. The number of hydrogen-bond donors (Lipinski definition) is 3. The molecule has 5 fully saturated rings. The zero-order valence-corrected chi connectivity index (χ0v) is 15.4. The largest absolute Gasteiger partial charge is 0.332 e. The lowest BCUT2D eigenvalue weighted by Gasteiger charge is -2.56. The monoisotopic (exact) mass is 348 g/mol. The molecule has 0 radical (unpaired) electrons. The molecule has 0 spiro atoms. The van der Waals surface area contributed by atoms with Gasteiger partial charge >= 0.3 is 6.03 Å². The Morgan fingerprint density at radius 1 is 1.08 bits per heavy atom. The molecule has 6 nitrogen and oxygen atoms in total. The van der Waals surface area contributed by atoms with Crippen LogP contribution in [0.4, 0.5) is 4.79 Å². The molecule has 5 rings (SSSR count). The molecule has 3 N–H and O–H groups in total. The van der Waals surface area contributed by atoms with Gasteiger partial charge in [0.25, 0.3) is 0 Å². The molecule has 5 aliphatic rings. The Bertz CT molecular complexity index is 500. The number of rotatable bonds is 4. The van der Waals surface area contributed by atoms with E-state index in [9.17, 15) is 9.59 Å². The Kier molecular flexibility index (Phi) is 4.75. The van der Waals surface area contributed by atoms with E-state index in [1.807, 2.05) is 7.05 Å². The Hall–Kier alpha value is -1.14. The van der Waals surface area contributed by atoms with E-state index in [1.54, 1.807) is 0 Å². The van der Waals surface area contributed by atoms with Crippen molar-refractivity contribution in [3.05, 3.63) is 0 Å². The molecule has 1 atom stereocenters. The molecule has 0 aromatic rings. The summed E-state index contributed by atoms with van der Waals surface area (Å²) in [5.41, 5.74) is -0.0402. The van der Waals surface area contributed by atoms with Crippen molar-refractivity contribution in [2.24, 2.45) is 17.8 Å². The van der Waals surface area contributed by atoms with E-state index < -0.39 is 0 Å². The molecule has 4 saturated carbocycles. The summed E-state index contributed by atoms with van der Waals surface area (Å²) in [6.45, 7) is 2.12. The van der Waals surface area contributed by atoms with Crippen molar-refractivity contribution in [1.82, 2.24) is 20.9 Å². The number of carbonyl (C=O) groups is 2. The van der Waals surface area contributed by atoms with Crippen LogP contribution in [-0.4, -0.2) is 55.1 Å². The van der Waals surface area contributed by atoms with Gasteiger partial charge in [-0.05, 0) is 82.7 Å². The number of carbonyl (C=O) groups excluding carboxylic acids is 2. The number of hydrogen-bond acceptors (Lipinski definition) is 4. The first-order valence-corrected chi connectivity index (χ1v) is 10.1. The summed E-state index contributed by atoms with van der Waals surface area (Å²) in [7, 11) is 1.97. The van der Waals surface area contributed by atoms with E-state index in [-0.39, 0.29) is 17.5 Å². The molecule has 0 aromatic heterocycles. The second-order valence-electron chi connectivity index (χ2n) is 9.06. The molecule has 25 heavy (non-hydrogen) atoms. The van der Waals surface area contributed by atoms with Gasteiger partial charge in [-0.1, -0.05) is 0 Å². The minimum atomic E-state index is -0.283. The number of nitrogens with zero attached hydrogens (tertiary/aromatic N) is 1.